The van der Waals surface area contributed by atoms with Gasteiger partial charge in [-0.1, -0.05) is 39.1 Å². The van der Waals surface area contributed by atoms with Crippen molar-refractivity contribution in [1.29, 1.82) is 0 Å². The van der Waals surface area contributed by atoms with Gasteiger partial charge in [0, 0.05) is 23.4 Å². The Bertz CT molecular complexity index is 398. The summed E-state index contributed by atoms with van der Waals surface area (Å²) in [6.07, 6.45) is 0. The molecule has 5 heteroatoms. The quantitative estimate of drug-likeness (QED) is 0.773. The lowest BCUT2D eigenvalue weighted by Crippen LogP contribution is -2.36. The van der Waals surface area contributed by atoms with Gasteiger partial charge in [0.05, 0.1) is 10.6 Å². The SMILES string of the molecule is CC(CBr)N(C)C(=O)c1cc(Cl)ccc1Cl. The number of amides is 1. The normalized spacial score (nSPS) is 12.3. The maximum absolute atomic E-state index is 12.1. The van der Waals surface area contributed by atoms with E-state index in [1.165, 1.54) is 0 Å². The Balaban J connectivity index is 3.00. The third kappa shape index (κ3) is 3.12. The predicted octanol–water partition coefficient (Wildman–Crippen LogP) is 3.85. The first-order chi connectivity index (χ1) is 7.47. The molecule has 0 N–H and O–H groups in total. The highest BCUT2D eigenvalue weighted by molar-refractivity contribution is 9.09. The van der Waals surface area contributed by atoms with E-state index in [0.717, 1.165) is 0 Å². The van der Waals surface area contributed by atoms with Crippen LogP contribution in [0, 0.1) is 0 Å². The average molecular weight is 325 g/mol. The minimum absolute atomic E-state index is 0.0996. The Kier molecular flexibility index (Phi) is 5.09. The van der Waals surface area contributed by atoms with E-state index in [4.69, 9.17) is 23.2 Å². The van der Waals surface area contributed by atoms with E-state index in [-0.39, 0.29) is 11.9 Å². The van der Waals surface area contributed by atoms with Crippen molar-refractivity contribution in [3.05, 3.63) is 33.8 Å². The lowest BCUT2D eigenvalue weighted by molar-refractivity contribution is 0.0758. The summed E-state index contributed by atoms with van der Waals surface area (Å²) in [5.74, 6) is -0.126. The number of nitrogens with zero attached hydrogens (tertiary/aromatic N) is 1. The van der Waals surface area contributed by atoms with Crippen molar-refractivity contribution < 1.29 is 4.79 Å². The number of hydrogen-bond acceptors (Lipinski definition) is 1. The number of hydrogen-bond donors (Lipinski definition) is 0. The third-order valence-corrected chi connectivity index (χ3v) is 3.87. The fraction of sp³-hybridized carbons (Fsp3) is 0.364. The Labute approximate surface area is 114 Å². The third-order valence-electron chi connectivity index (χ3n) is 2.36. The van der Waals surface area contributed by atoms with E-state index in [2.05, 4.69) is 15.9 Å². The molecule has 0 saturated heterocycles. The van der Waals surface area contributed by atoms with Gasteiger partial charge in [-0.2, -0.15) is 0 Å². The molecule has 1 aromatic rings. The molecule has 0 aliphatic rings. The molecular formula is C11H12BrCl2NO. The summed E-state index contributed by atoms with van der Waals surface area (Å²) in [7, 11) is 1.74. The van der Waals surface area contributed by atoms with E-state index < -0.39 is 0 Å². The zero-order valence-corrected chi connectivity index (χ0v) is 12.1. The van der Waals surface area contributed by atoms with Crippen molar-refractivity contribution in [3.8, 4) is 0 Å². The lowest BCUT2D eigenvalue weighted by Gasteiger charge is -2.23. The molecule has 16 heavy (non-hydrogen) atoms. The summed E-state index contributed by atoms with van der Waals surface area (Å²) >= 11 is 15.1. The summed E-state index contributed by atoms with van der Waals surface area (Å²) < 4.78 is 0. The van der Waals surface area contributed by atoms with E-state index in [0.29, 0.717) is 20.9 Å². The highest BCUT2D eigenvalue weighted by Crippen LogP contribution is 2.22. The maximum Gasteiger partial charge on any atom is 0.255 e. The molecule has 0 radical (unpaired) electrons. The molecule has 0 fully saturated rings. The number of benzene rings is 1. The van der Waals surface area contributed by atoms with E-state index in [1.807, 2.05) is 6.92 Å². The molecule has 88 valence electrons. The highest BCUT2D eigenvalue weighted by atomic mass is 79.9. The summed E-state index contributed by atoms with van der Waals surface area (Å²) in [5.41, 5.74) is 0.435. The van der Waals surface area contributed by atoms with Crippen LogP contribution in [0.3, 0.4) is 0 Å². The molecule has 0 bridgehead atoms. The molecule has 0 heterocycles. The van der Waals surface area contributed by atoms with Gasteiger partial charge < -0.3 is 4.90 Å². The number of carbonyl (C=O) groups is 1. The number of rotatable bonds is 3. The van der Waals surface area contributed by atoms with Crippen molar-refractivity contribution in [2.24, 2.45) is 0 Å². The molecule has 0 saturated carbocycles. The number of halogens is 3. The van der Waals surface area contributed by atoms with Gasteiger partial charge in [-0.25, -0.2) is 0 Å². The maximum atomic E-state index is 12.1. The topological polar surface area (TPSA) is 20.3 Å². The average Bonchev–Trinajstić information content (AvgIpc) is 2.29. The van der Waals surface area contributed by atoms with Gasteiger partial charge in [0.1, 0.15) is 0 Å². The van der Waals surface area contributed by atoms with Gasteiger partial charge in [0.2, 0.25) is 0 Å². The van der Waals surface area contributed by atoms with Crippen LogP contribution < -0.4 is 0 Å². The fourth-order valence-electron chi connectivity index (χ4n) is 1.16. The van der Waals surface area contributed by atoms with Crippen LogP contribution in [0.5, 0.6) is 0 Å². The van der Waals surface area contributed by atoms with Crippen molar-refractivity contribution in [2.75, 3.05) is 12.4 Å². The first kappa shape index (κ1) is 13.8. The smallest absolute Gasteiger partial charge is 0.255 e. The van der Waals surface area contributed by atoms with Gasteiger partial charge in [0.15, 0.2) is 0 Å². The summed E-state index contributed by atoms with van der Waals surface area (Å²) in [5, 5.41) is 1.64. The Hall–Kier alpha value is -0.250. The van der Waals surface area contributed by atoms with Gasteiger partial charge in [0.25, 0.3) is 5.91 Å². The first-order valence-electron chi connectivity index (χ1n) is 4.75. The van der Waals surface area contributed by atoms with Gasteiger partial charge >= 0.3 is 0 Å². The van der Waals surface area contributed by atoms with Crippen molar-refractivity contribution in [2.45, 2.75) is 13.0 Å². The first-order valence-corrected chi connectivity index (χ1v) is 6.63. The Morgan fingerprint density at radius 1 is 1.50 bits per heavy atom. The van der Waals surface area contributed by atoms with Crippen LogP contribution >= 0.6 is 39.1 Å². The molecule has 1 aromatic carbocycles. The van der Waals surface area contributed by atoms with E-state index in [9.17, 15) is 4.79 Å². The van der Waals surface area contributed by atoms with Crippen molar-refractivity contribution >= 4 is 45.0 Å². The molecule has 1 amide bonds. The van der Waals surface area contributed by atoms with Crippen LogP contribution in [0.25, 0.3) is 0 Å². The lowest BCUT2D eigenvalue weighted by atomic mass is 10.2. The van der Waals surface area contributed by atoms with Crippen molar-refractivity contribution in [1.82, 2.24) is 4.90 Å². The van der Waals surface area contributed by atoms with E-state index >= 15 is 0 Å². The molecule has 0 spiro atoms. The molecule has 2 nitrogen and oxygen atoms in total. The second-order valence-corrected chi connectivity index (χ2v) is 5.03. The van der Waals surface area contributed by atoms with E-state index in [1.54, 1.807) is 30.1 Å². The number of carbonyl (C=O) groups excluding carboxylic acids is 1. The molecular weight excluding hydrogens is 313 g/mol. The zero-order valence-electron chi connectivity index (χ0n) is 9.01. The monoisotopic (exact) mass is 323 g/mol. The van der Waals surface area contributed by atoms with Crippen LogP contribution in [-0.2, 0) is 0 Å². The van der Waals surface area contributed by atoms with Crippen LogP contribution in [0.15, 0.2) is 18.2 Å². The Morgan fingerprint density at radius 2 is 2.12 bits per heavy atom. The summed E-state index contributed by atoms with van der Waals surface area (Å²) in [6, 6.07) is 4.98. The highest BCUT2D eigenvalue weighted by Gasteiger charge is 2.19. The molecule has 1 unspecified atom stereocenters. The second kappa shape index (κ2) is 5.89. The van der Waals surface area contributed by atoms with Crippen LogP contribution in [0.2, 0.25) is 10.0 Å². The molecule has 0 aromatic heterocycles. The molecule has 0 aliphatic heterocycles. The predicted molar refractivity (Wildman–Crippen MR) is 71.8 cm³/mol. The summed E-state index contributed by atoms with van der Waals surface area (Å²) in [4.78, 5) is 13.7. The standard InChI is InChI=1S/C11H12BrCl2NO/c1-7(6-12)15(2)11(16)9-5-8(13)3-4-10(9)14/h3-5,7H,6H2,1-2H3. The van der Waals surface area contributed by atoms with Gasteiger partial charge in [-0.15, -0.1) is 0 Å². The minimum Gasteiger partial charge on any atom is -0.338 e. The zero-order chi connectivity index (χ0) is 12.3. The number of alkyl halides is 1. The van der Waals surface area contributed by atoms with Gasteiger partial charge in [-0.3, -0.25) is 4.79 Å². The molecule has 0 aliphatic carbocycles. The largest absolute Gasteiger partial charge is 0.338 e. The molecule has 1 rings (SSSR count). The Morgan fingerprint density at radius 3 is 2.69 bits per heavy atom. The van der Waals surface area contributed by atoms with Crippen LogP contribution in [0.1, 0.15) is 17.3 Å². The molecule has 1 atom stereocenters. The minimum atomic E-state index is -0.126. The van der Waals surface area contributed by atoms with Crippen LogP contribution in [0.4, 0.5) is 0 Å². The fourth-order valence-corrected chi connectivity index (χ4v) is 1.96. The van der Waals surface area contributed by atoms with Crippen molar-refractivity contribution in [3.63, 3.8) is 0 Å². The van der Waals surface area contributed by atoms with Crippen LogP contribution in [-0.4, -0.2) is 29.2 Å². The summed E-state index contributed by atoms with van der Waals surface area (Å²) in [6.45, 7) is 1.95. The second-order valence-electron chi connectivity index (χ2n) is 3.54. The van der Waals surface area contributed by atoms with Gasteiger partial charge in [-0.05, 0) is 25.1 Å².